The lowest BCUT2D eigenvalue weighted by Crippen LogP contribution is -2.26. The molecule has 0 fully saturated rings. The molecule has 0 bridgehead atoms. The van der Waals surface area contributed by atoms with E-state index in [2.05, 4.69) is 29.5 Å². The third-order valence-electron chi connectivity index (χ3n) is 3.68. The lowest BCUT2D eigenvalue weighted by molar-refractivity contribution is -0.115. The Hall–Kier alpha value is -2.28. The van der Waals surface area contributed by atoms with Crippen LogP contribution in [0.4, 0.5) is 11.6 Å². The number of rotatable bonds is 4. The van der Waals surface area contributed by atoms with Gasteiger partial charge in [0.05, 0.1) is 10.9 Å². The first kappa shape index (κ1) is 16.6. The van der Waals surface area contributed by atoms with Gasteiger partial charge in [0.2, 0.25) is 11.9 Å². The van der Waals surface area contributed by atoms with Gasteiger partial charge in [-0.3, -0.25) is 14.9 Å². The number of carbonyl (C=O) groups excluding carboxylic acids is 2. The summed E-state index contributed by atoms with van der Waals surface area (Å²) in [6.07, 6.45) is 3.52. The molecule has 24 heavy (non-hydrogen) atoms. The Balaban J connectivity index is 1.78. The van der Waals surface area contributed by atoms with Crippen LogP contribution in [0.5, 0.6) is 0 Å². The van der Waals surface area contributed by atoms with E-state index in [1.54, 1.807) is 18.3 Å². The second kappa shape index (κ2) is 6.68. The van der Waals surface area contributed by atoms with Gasteiger partial charge in [0, 0.05) is 29.4 Å². The standard InChI is InChI=1S/C17H20N4O2S/c1-10(2)9-21-7-6-18-17(21)20-16(23)12-4-5-14-13(8-12)19-15(22)11(3)24-14/h4-8,10-11H,9H2,1-3H3,(H,19,22)(H,18,20,23)/t11-/m0/s1. The molecule has 1 atom stereocenters. The molecule has 0 saturated carbocycles. The highest BCUT2D eigenvalue weighted by molar-refractivity contribution is 8.00. The van der Waals surface area contributed by atoms with E-state index < -0.39 is 0 Å². The molecule has 1 aliphatic rings. The first-order chi connectivity index (χ1) is 11.4. The van der Waals surface area contributed by atoms with Crippen LogP contribution in [0.3, 0.4) is 0 Å². The second-order valence-corrected chi connectivity index (χ2v) is 7.59. The summed E-state index contributed by atoms with van der Waals surface area (Å²) in [5, 5.41) is 5.55. The molecule has 0 unspecified atom stereocenters. The van der Waals surface area contributed by atoms with Gasteiger partial charge in [-0.05, 0) is 31.0 Å². The number of carbonyl (C=O) groups is 2. The number of hydrogen-bond donors (Lipinski definition) is 2. The Labute approximate surface area is 145 Å². The fraction of sp³-hybridized carbons (Fsp3) is 0.353. The molecule has 1 aromatic carbocycles. The zero-order valence-corrected chi connectivity index (χ0v) is 14.7. The summed E-state index contributed by atoms with van der Waals surface area (Å²) in [5.74, 6) is 0.690. The third-order valence-corrected chi connectivity index (χ3v) is 4.85. The Bertz CT molecular complexity index is 785. The molecule has 0 aliphatic carbocycles. The number of thioether (sulfide) groups is 1. The number of fused-ring (bicyclic) bond motifs is 1. The van der Waals surface area contributed by atoms with Crippen LogP contribution in [-0.2, 0) is 11.3 Å². The van der Waals surface area contributed by atoms with Crippen molar-refractivity contribution in [3.8, 4) is 0 Å². The molecular formula is C17H20N4O2S. The average Bonchev–Trinajstić information content (AvgIpc) is 2.94. The predicted molar refractivity (Wildman–Crippen MR) is 95.4 cm³/mol. The number of nitrogens with one attached hydrogen (secondary N) is 2. The zero-order chi connectivity index (χ0) is 17.3. The number of amides is 2. The summed E-state index contributed by atoms with van der Waals surface area (Å²) in [6.45, 7) is 6.86. The van der Waals surface area contributed by atoms with E-state index in [1.165, 1.54) is 11.8 Å². The summed E-state index contributed by atoms with van der Waals surface area (Å²) >= 11 is 1.49. The van der Waals surface area contributed by atoms with Crippen molar-refractivity contribution in [2.45, 2.75) is 37.5 Å². The zero-order valence-electron chi connectivity index (χ0n) is 13.9. The lowest BCUT2D eigenvalue weighted by atomic mass is 10.1. The number of aromatic nitrogens is 2. The lowest BCUT2D eigenvalue weighted by Gasteiger charge is -2.21. The van der Waals surface area contributed by atoms with Gasteiger partial charge in [0.1, 0.15) is 0 Å². The molecule has 0 spiro atoms. The minimum atomic E-state index is -0.244. The molecule has 2 aromatic rings. The minimum Gasteiger partial charge on any atom is -0.324 e. The van der Waals surface area contributed by atoms with Gasteiger partial charge in [-0.2, -0.15) is 0 Å². The van der Waals surface area contributed by atoms with Crippen molar-refractivity contribution < 1.29 is 9.59 Å². The maximum Gasteiger partial charge on any atom is 0.258 e. The molecule has 1 aliphatic heterocycles. The summed E-state index contributed by atoms with van der Waals surface area (Å²) in [4.78, 5) is 29.5. The molecule has 2 N–H and O–H groups in total. The number of imidazole rings is 1. The average molecular weight is 344 g/mol. The summed E-state index contributed by atoms with van der Waals surface area (Å²) in [5.41, 5.74) is 1.17. The number of nitrogens with zero attached hydrogens (tertiary/aromatic N) is 2. The largest absolute Gasteiger partial charge is 0.324 e. The van der Waals surface area contributed by atoms with Crippen LogP contribution in [0.2, 0.25) is 0 Å². The first-order valence-electron chi connectivity index (χ1n) is 7.88. The van der Waals surface area contributed by atoms with Crippen LogP contribution >= 0.6 is 11.8 Å². The van der Waals surface area contributed by atoms with Crippen molar-refractivity contribution in [3.63, 3.8) is 0 Å². The van der Waals surface area contributed by atoms with Crippen molar-refractivity contribution in [1.82, 2.24) is 9.55 Å². The SMILES string of the molecule is CC(C)Cn1ccnc1NC(=O)c1ccc2c(c1)NC(=O)[C@H](C)S2. The second-order valence-electron chi connectivity index (χ2n) is 6.21. The first-order valence-corrected chi connectivity index (χ1v) is 8.76. The quantitative estimate of drug-likeness (QED) is 0.893. The van der Waals surface area contributed by atoms with Gasteiger partial charge < -0.3 is 9.88 Å². The molecule has 126 valence electrons. The van der Waals surface area contributed by atoms with Crippen molar-refractivity contribution in [3.05, 3.63) is 36.2 Å². The van der Waals surface area contributed by atoms with Crippen molar-refractivity contribution in [2.75, 3.05) is 10.6 Å². The van der Waals surface area contributed by atoms with E-state index in [9.17, 15) is 9.59 Å². The van der Waals surface area contributed by atoms with Crippen LogP contribution in [0.25, 0.3) is 0 Å². The predicted octanol–water partition coefficient (Wildman–Crippen LogP) is 3.22. The van der Waals surface area contributed by atoms with Gasteiger partial charge in [0.25, 0.3) is 5.91 Å². The molecular weight excluding hydrogens is 324 g/mol. The van der Waals surface area contributed by atoms with E-state index in [1.807, 2.05) is 23.8 Å². The normalized spacial score (nSPS) is 16.7. The van der Waals surface area contributed by atoms with Crippen LogP contribution < -0.4 is 10.6 Å². The third kappa shape index (κ3) is 3.46. The fourth-order valence-corrected chi connectivity index (χ4v) is 3.43. The van der Waals surface area contributed by atoms with Gasteiger partial charge in [-0.1, -0.05) is 13.8 Å². The summed E-state index contributed by atoms with van der Waals surface area (Å²) in [7, 11) is 0. The van der Waals surface area contributed by atoms with E-state index in [-0.39, 0.29) is 17.1 Å². The van der Waals surface area contributed by atoms with Gasteiger partial charge in [-0.15, -0.1) is 11.8 Å². The highest BCUT2D eigenvalue weighted by atomic mass is 32.2. The molecule has 2 amide bonds. The van der Waals surface area contributed by atoms with Crippen molar-refractivity contribution >= 4 is 35.2 Å². The van der Waals surface area contributed by atoms with Crippen LogP contribution in [-0.4, -0.2) is 26.6 Å². The Morgan fingerprint density at radius 1 is 1.46 bits per heavy atom. The van der Waals surface area contributed by atoms with Crippen LogP contribution in [0.1, 0.15) is 31.1 Å². The monoisotopic (exact) mass is 344 g/mol. The molecule has 6 nitrogen and oxygen atoms in total. The van der Waals surface area contributed by atoms with E-state index in [4.69, 9.17) is 0 Å². The number of benzene rings is 1. The fourth-order valence-electron chi connectivity index (χ4n) is 2.50. The Kier molecular flexibility index (Phi) is 4.62. The van der Waals surface area contributed by atoms with E-state index in [0.29, 0.717) is 23.1 Å². The molecule has 0 saturated heterocycles. The summed E-state index contributed by atoms with van der Waals surface area (Å²) < 4.78 is 1.92. The number of hydrogen-bond acceptors (Lipinski definition) is 4. The molecule has 3 rings (SSSR count). The van der Waals surface area contributed by atoms with Gasteiger partial charge >= 0.3 is 0 Å². The van der Waals surface area contributed by atoms with Crippen molar-refractivity contribution in [1.29, 1.82) is 0 Å². The molecule has 7 heteroatoms. The van der Waals surface area contributed by atoms with Gasteiger partial charge in [0.15, 0.2) is 0 Å². The van der Waals surface area contributed by atoms with Crippen LogP contribution in [0, 0.1) is 5.92 Å². The van der Waals surface area contributed by atoms with Crippen molar-refractivity contribution in [2.24, 2.45) is 5.92 Å². The summed E-state index contributed by atoms with van der Waals surface area (Å²) in [6, 6.07) is 5.34. The topological polar surface area (TPSA) is 76.0 Å². The maximum atomic E-state index is 12.5. The number of anilines is 2. The highest BCUT2D eigenvalue weighted by Crippen LogP contribution is 2.36. The van der Waals surface area contributed by atoms with Gasteiger partial charge in [-0.25, -0.2) is 4.98 Å². The van der Waals surface area contributed by atoms with E-state index >= 15 is 0 Å². The highest BCUT2D eigenvalue weighted by Gasteiger charge is 2.24. The Morgan fingerprint density at radius 3 is 3.00 bits per heavy atom. The van der Waals surface area contributed by atoms with E-state index in [0.717, 1.165) is 11.4 Å². The minimum absolute atomic E-state index is 0.0439. The molecule has 0 radical (unpaired) electrons. The maximum absolute atomic E-state index is 12.5. The Morgan fingerprint density at radius 2 is 2.25 bits per heavy atom. The molecule has 2 heterocycles. The van der Waals surface area contributed by atoms with Crippen LogP contribution in [0.15, 0.2) is 35.5 Å². The molecule has 1 aromatic heterocycles. The smallest absolute Gasteiger partial charge is 0.258 e.